The fraction of sp³-hybridized carbons (Fsp3) is 0.438. The number of aliphatic hydroxyl groups excluding tert-OH is 1. The Morgan fingerprint density at radius 2 is 2.20 bits per heavy atom. The molecule has 4 heteroatoms. The zero-order chi connectivity index (χ0) is 14.4. The molecular weight excluding hydrogens is 255 g/mol. The smallest absolute Gasteiger partial charge is 0.128 e. The van der Waals surface area contributed by atoms with Crippen LogP contribution in [0.4, 0.5) is 4.39 Å². The van der Waals surface area contributed by atoms with Gasteiger partial charge in [-0.2, -0.15) is 5.26 Å². The highest BCUT2D eigenvalue weighted by Crippen LogP contribution is 2.28. The lowest BCUT2D eigenvalue weighted by atomic mass is 10.1. The molecule has 0 aromatic heterocycles. The van der Waals surface area contributed by atoms with E-state index in [1.807, 2.05) is 0 Å². The van der Waals surface area contributed by atoms with Crippen LogP contribution >= 0.6 is 0 Å². The number of halogens is 1. The first-order valence-corrected chi connectivity index (χ1v) is 6.73. The van der Waals surface area contributed by atoms with Gasteiger partial charge in [-0.3, -0.25) is 4.90 Å². The number of rotatable bonds is 5. The van der Waals surface area contributed by atoms with Gasteiger partial charge in [0.2, 0.25) is 0 Å². The second kappa shape index (κ2) is 7.05. The summed E-state index contributed by atoms with van der Waals surface area (Å²) in [5.74, 6) is 4.91. The molecule has 1 saturated carbocycles. The summed E-state index contributed by atoms with van der Waals surface area (Å²) in [6.45, 7) is 0.992. The Balaban J connectivity index is 2.06. The quantitative estimate of drug-likeness (QED) is 0.834. The zero-order valence-electron chi connectivity index (χ0n) is 11.3. The molecule has 0 heterocycles. The van der Waals surface area contributed by atoms with Gasteiger partial charge in [0.25, 0.3) is 0 Å². The molecule has 0 radical (unpaired) electrons. The van der Waals surface area contributed by atoms with Crippen LogP contribution in [0.1, 0.15) is 30.4 Å². The maximum atomic E-state index is 14.0. The van der Waals surface area contributed by atoms with E-state index in [2.05, 4.69) is 22.8 Å². The van der Waals surface area contributed by atoms with E-state index >= 15 is 0 Å². The lowest BCUT2D eigenvalue weighted by Gasteiger charge is -2.21. The topological polar surface area (TPSA) is 47.3 Å². The Kier molecular flexibility index (Phi) is 5.12. The molecule has 20 heavy (non-hydrogen) atoms. The van der Waals surface area contributed by atoms with E-state index in [0.717, 1.165) is 12.8 Å². The predicted molar refractivity (Wildman–Crippen MR) is 74.0 cm³/mol. The maximum absolute atomic E-state index is 14.0. The van der Waals surface area contributed by atoms with Crippen molar-refractivity contribution in [1.82, 2.24) is 4.90 Å². The largest absolute Gasteiger partial charge is 0.384 e. The lowest BCUT2D eigenvalue weighted by Crippen LogP contribution is -2.27. The van der Waals surface area contributed by atoms with Crippen LogP contribution in [0.25, 0.3) is 0 Å². The van der Waals surface area contributed by atoms with Gasteiger partial charge in [0.05, 0.1) is 6.07 Å². The SMILES string of the molecule is N#CCCN(Cc1ccc(C#CCO)cc1F)C1CC1. The second-order valence-electron chi connectivity index (χ2n) is 4.88. The van der Waals surface area contributed by atoms with Crippen molar-refractivity contribution in [2.24, 2.45) is 0 Å². The van der Waals surface area contributed by atoms with Crippen molar-refractivity contribution in [2.45, 2.75) is 31.8 Å². The minimum absolute atomic E-state index is 0.229. The average Bonchev–Trinajstić information content (AvgIpc) is 3.27. The molecule has 1 fully saturated rings. The van der Waals surface area contributed by atoms with E-state index in [4.69, 9.17) is 10.4 Å². The van der Waals surface area contributed by atoms with Crippen molar-refractivity contribution in [3.63, 3.8) is 0 Å². The van der Waals surface area contributed by atoms with E-state index in [-0.39, 0.29) is 12.4 Å². The molecule has 0 saturated heterocycles. The van der Waals surface area contributed by atoms with Crippen molar-refractivity contribution < 1.29 is 9.50 Å². The second-order valence-corrected chi connectivity index (χ2v) is 4.88. The molecule has 2 rings (SSSR count). The first kappa shape index (κ1) is 14.5. The van der Waals surface area contributed by atoms with E-state index in [0.29, 0.717) is 36.7 Å². The number of aliphatic hydroxyl groups is 1. The summed E-state index contributed by atoms with van der Waals surface area (Å²) >= 11 is 0. The van der Waals surface area contributed by atoms with Gasteiger partial charge in [0, 0.05) is 36.7 Å². The molecule has 0 bridgehead atoms. The number of hydrogen-bond donors (Lipinski definition) is 1. The highest BCUT2D eigenvalue weighted by molar-refractivity contribution is 5.37. The Bertz CT molecular complexity index is 564. The van der Waals surface area contributed by atoms with Gasteiger partial charge in [0.1, 0.15) is 12.4 Å². The monoisotopic (exact) mass is 272 g/mol. The van der Waals surface area contributed by atoms with Crippen LogP contribution in [0.15, 0.2) is 18.2 Å². The molecule has 104 valence electrons. The van der Waals surface area contributed by atoms with Crippen LogP contribution in [0, 0.1) is 29.0 Å². The van der Waals surface area contributed by atoms with Gasteiger partial charge in [-0.25, -0.2) is 4.39 Å². The molecule has 1 N–H and O–H groups in total. The Morgan fingerprint density at radius 3 is 2.80 bits per heavy atom. The van der Waals surface area contributed by atoms with Gasteiger partial charge >= 0.3 is 0 Å². The van der Waals surface area contributed by atoms with E-state index in [1.165, 1.54) is 6.07 Å². The van der Waals surface area contributed by atoms with Crippen LogP contribution in [0.5, 0.6) is 0 Å². The summed E-state index contributed by atoms with van der Waals surface area (Å²) in [5.41, 5.74) is 1.19. The summed E-state index contributed by atoms with van der Waals surface area (Å²) in [4.78, 5) is 2.17. The third-order valence-electron chi connectivity index (χ3n) is 3.31. The molecule has 1 aliphatic rings. The van der Waals surface area contributed by atoms with Crippen LogP contribution in [-0.2, 0) is 6.54 Å². The van der Waals surface area contributed by atoms with Crippen molar-refractivity contribution >= 4 is 0 Å². The minimum Gasteiger partial charge on any atom is -0.384 e. The van der Waals surface area contributed by atoms with Crippen molar-refractivity contribution in [1.29, 1.82) is 5.26 Å². The molecule has 1 aromatic rings. The molecule has 0 atom stereocenters. The lowest BCUT2D eigenvalue weighted by molar-refractivity contribution is 0.257. The van der Waals surface area contributed by atoms with Crippen LogP contribution in [-0.4, -0.2) is 29.2 Å². The van der Waals surface area contributed by atoms with E-state index in [1.54, 1.807) is 12.1 Å². The summed E-state index contributed by atoms with van der Waals surface area (Å²) in [5, 5.41) is 17.3. The van der Waals surface area contributed by atoms with Crippen LogP contribution in [0.3, 0.4) is 0 Å². The van der Waals surface area contributed by atoms with Crippen molar-refractivity contribution in [3.05, 3.63) is 35.1 Å². The Morgan fingerprint density at radius 1 is 1.40 bits per heavy atom. The predicted octanol–water partition coefficient (Wildman–Crippen LogP) is 2.05. The summed E-state index contributed by atoms with van der Waals surface area (Å²) in [6.07, 6.45) is 2.73. The minimum atomic E-state index is -0.280. The zero-order valence-corrected chi connectivity index (χ0v) is 11.3. The summed E-state index contributed by atoms with van der Waals surface area (Å²) in [6, 6.07) is 7.52. The Hall–Kier alpha value is -1.88. The highest BCUT2D eigenvalue weighted by Gasteiger charge is 2.28. The third-order valence-corrected chi connectivity index (χ3v) is 3.31. The number of hydrogen-bond acceptors (Lipinski definition) is 3. The fourth-order valence-electron chi connectivity index (χ4n) is 2.14. The molecule has 1 aromatic carbocycles. The van der Waals surface area contributed by atoms with Crippen LogP contribution in [0.2, 0.25) is 0 Å². The van der Waals surface area contributed by atoms with E-state index < -0.39 is 0 Å². The Labute approximate surface area is 118 Å². The van der Waals surface area contributed by atoms with Gasteiger partial charge in [0.15, 0.2) is 0 Å². The first-order chi connectivity index (χ1) is 9.74. The molecular formula is C16H17FN2O. The van der Waals surface area contributed by atoms with Gasteiger partial charge in [-0.15, -0.1) is 0 Å². The van der Waals surface area contributed by atoms with Crippen molar-refractivity contribution in [3.8, 4) is 17.9 Å². The van der Waals surface area contributed by atoms with Crippen molar-refractivity contribution in [2.75, 3.05) is 13.2 Å². The molecule has 3 nitrogen and oxygen atoms in total. The van der Waals surface area contributed by atoms with Gasteiger partial charge in [-0.1, -0.05) is 17.9 Å². The average molecular weight is 272 g/mol. The molecule has 1 aliphatic carbocycles. The molecule has 0 amide bonds. The maximum Gasteiger partial charge on any atom is 0.128 e. The van der Waals surface area contributed by atoms with E-state index in [9.17, 15) is 4.39 Å². The van der Waals surface area contributed by atoms with Gasteiger partial charge in [-0.05, 0) is 25.0 Å². The number of nitrogens with zero attached hydrogens (tertiary/aromatic N) is 2. The molecule has 0 unspecified atom stereocenters. The fourth-order valence-corrected chi connectivity index (χ4v) is 2.14. The number of nitriles is 1. The highest BCUT2D eigenvalue weighted by atomic mass is 19.1. The number of benzene rings is 1. The summed E-state index contributed by atoms with van der Waals surface area (Å²) < 4.78 is 14.0. The summed E-state index contributed by atoms with van der Waals surface area (Å²) in [7, 11) is 0. The molecule has 0 aliphatic heterocycles. The third kappa shape index (κ3) is 4.06. The first-order valence-electron chi connectivity index (χ1n) is 6.73. The van der Waals surface area contributed by atoms with Crippen LogP contribution < -0.4 is 0 Å². The standard InChI is InChI=1S/C16H17FN2O/c17-16-11-13(3-1-10-20)4-5-14(16)12-19(9-2-8-18)15-6-7-15/h4-5,11,15,20H,2,6-7,9-10,12H2. The van der Waals surface area contributed by atoms with Gasteiger partial charge < -0.3 is 5.11 Å². The molecule has 0 spiro atoms. The normalized spacial score (nSPS) is 13.7.